The quantitative estimate of drug-likeness (QED) is 0.810. The Morgan fingerprint density at radius 3 is 2.84 bits per heavy atom. The van der Waals surface area contributed by atoms with Gasteiger partial charge in [0, 0.05) is 49.4 Å². The van der Waals surface area contributed by atoms with Gasteiger partial charge in [0.05, 0.1) is 19.3 Å². The van der Waals surface area contributed by atoms with E-state index in [1.54, 1.807) is 6.33 Å². The summed E-state index contributed by atoms with van der Waals surface area (Å²) >= 11 is 0. The van der Waals surface area contributed by atoms with E-state index < -0.39 is 0 Å². The Kier molecular flexibility index (Phi) is 4.68. The molecule has 1 aromatic carbocycles. The lowest BCUT2D eigenvalue weighted by Crippen LogP contribution is -2.56. The molecule has 2 aromatic rings. The van der Waals surface area contributed by atoms with Gasteiger partial charge in [-0.15, -0.1) is 0 Å². The molecule has 1 unspecified atom stereocenters. The van der Waals surface area contributed by atoms with Gasteiger partial charge < -0.3 is 9.47 Å². The lowest BCUT2D eigenvalue weighted by molar-refractivity contribution is -0.0144. The molecule has 5 nitrogen and oxygen atoms in total. The first kappa shape index (κ1) is 16.5. The summed E-state index contributed by atoms with van der Waals surface area (Å²) in [5.41, 5.74) is 2.77. The standard InChI is InChI=1S/C20H25N3O2/c1-2-24-19-6-4-3-5-17(19)11-23-12-20(13-23)8-18(25-14-20)7-16-9-21-15-22-10-16/h3-6,9-10,15,18H,2,7-8,11-14H2,1H3. The predicted molar refractivity (Wildman–Crippen MR) is 95.4 cm³/mol. The third kappa shape index (κ3) is 3.67. The van der Waals surface area contributed by atoms with Gasteiger partial charge in [0.1, 0.15) is 12.1 Å². The number of ether oxygens (including phenoxy) is 2. The Labute approximate surface area is 149 Å². The maximum Gasteiger partial charge on any atom is 0.123 e. The summed E-state index contributed by atoms with van der Waals surface area (Å²) in [7, 11) is 0. The van der Waals surface area contributed by atoms with Crippen LogP contribution in [0.25, 0.3) is 0 Å². The zero-order valence-corrected chi connectivity index (χ0v) is 14.7. The lowest BCUT2D eigenvalue weighted by Gasteiger charge is -2.47. The van der Waals surface area contributed by atoms with Crippen molar-refractivity contribution < 1.29 is 9.47 Å². The molecule has 2 fully saturated rings. The molecular formula is C20H25N3O2. The Balaban J connectivity index is 1.30. The molecule has 0 radical (unpaired) electrons. The number of nitrogens with zero attached hydrogens (tertiary/aromatic N) is 3. The minimum Gasteiger partial charge on any atom is -0.494 e. The average Bonchev–Trinajstić information content (AvgIpc) is 3.01. The van der Waals surface area contributed by atoms with Gasteiger partial charge in [-0.3, -0.25) is 4.90 Å². The molecule has 0 amide bonds. The van der Waals surface area contributed by atoms with Crippen molar-refractivity contribution >= 4 is 0 Å². The molecule has 1 atom stereocenters. The molecule has 3 heterocycles. The second-order valence-corrected chi connectivity index (χ2v) is 7.27. The van der Waals surface area contributed by atoms with Crippen LogP contribution >= 0.6 is 0 Å². The molecule has 1 aromatic heterocycles. The van der Waals surface area contributed by atoms with Gasteiger partial charge in [-0.25, -0.2) is 9.97 Å². The van der Waals surface area contributed by atoms with Crippen LogP contribution in [0.3, 0.4) is 0 Å². The van der Waals surface area contributed by atoms with Crippen LogP contribution in [0.15, 0.2) is 43.0 Å². The fraction of sp³-hybridized carbons (Fsp3) is 0.500. The maximum atomic E-state index is 6.07. The highest BCUT2D eigenvalue weighted by molar-refractivity contribution is 5.33. The summed E-state index contributed by atoms with van der Waals surface area (Å²) in [4.78, 5) is 10.7. The molecule has 2 saturated heterocycles. The predicted octanol–water partition coefficient (Wildman–Crippen LogP) is 2.71. The summed E-state index contributed by atoms with van der Waals surface area (Å²) in [6, 6.07) is 8.35. The van der Waals surface area contributed by atoms with Crippen LogP contribution in [0.5, 0.6) is 5.75 Å². The fourth-order valence-electron chi connectivity index (χ4n) is 4.13. The number of hydrogen-bond donors (Lipinski definition) is 0. The normalized spacial score (nSPS) is 22.0. The molecule has 2 aliphatic rings. The van der Waals surface area contributed by atoms with Crippen molar-refractivity contribution in [3.05, 3.63) is 54.1 Å². The molecule has 0 bridgehead atoms. The summed E-state index contributed by atoms with van der Waals surface area (Å²) in [6.07, 6.45) is 7.69. The fourth-order valence-corrected chi connectivity index (χ4v) is 4.13. The highest BCUT2D eigenvalue weighted by Gasteiger charge is 2.48. The molecule has 4 rings (SSSR count). The van der Waals surface area contributed by atoms with Crippen LogP contribution < -0.4 is 4.74 Å². The molecule has 0 saturated carbocycles. The van der Waals surface area contributed by atoms with Gasteiger partial charge in [-0.05, 0) is 25.0 Å². The lowest BCUT2D eigenvalue weighted by atomic mass is 9.77. The van der Waals surface area contributed by atoms with Gasteiger partial charge in [-0.1, -0.05) is 18.2 Å². The third-order valence-corrected chi connectivity index (χ3v) is 5.15. The second kappa shape index (κ2) is 7.10. The average molecular weight is 339 g/mol. The molecule has 5 heteroatoms. The minimum absolute atomic E-state index is 0.295. The number of rotatable bonds is 6. The first-order chi connectivity index (χ1) is 12.3. The van der Waals surface area contributed by atoms with Crippen molar-refractivity contribution in [1.29, 1.82) is 0 Å². The zero-order valence-electron chi connectivity index (χ0n) is 14.7. The zero-order chi connectivity index (χ0) is 17.1. The number of benzene rings is 1. The molecule has 0 aliphatic carbocycles. The van der Waals surface area contributed by atoms with E-state index in [0.717, 1.165) is 50.4 Å². The number of hydrogen-bond acceptors (Lipinski definition) is 5. The molecule has 2 aliphatic heterocycles. The van der Waals surface area contributed by atoms with E-state index in [1.807, 2.05) is 25.4 Å². The van der Waals surface area contributed by atoms with E-state index in [9.17, 15) is 0 Å². The van der Waals surface area contributed by atoms with Gasteiger partial charge in [0.25, 0.3) is 0 Å². The Morgan fingerprint density at radius 2 is 2.04 bits per heavy atom. The van der Waals surface area contributed by atoms with Crippen LogP contribution in [-0.2, 0) is 17.7 Å². The van der Waals surface area contributed by atoms with Crippen LogP contribution in [0.1, 0.15) is 24.5 Å². The molecule has 132 valence electrons. The Hall–Kier alpha value is -1.98. The van der Waals surface area contributed by atoms with E-state index in [4.69, 9.17) is 9.47 Å². The van der Waals surface area contributed by atoms with E-state index in [1.165, 1.54) is 5.56 Å². The van der Waals surface area contributed by atoms with Gasteiger partial charge in [-0.2, -0.15) is 0 Å². The van der Waals surface area contributed by atoms with Crippen LogP contribution in [0.2, 0.25) is 0 Å². The largest absolute Gasteiger partial charge is 0.494 e. The maximum absolute atomic E-state index is 6.07. The van der Waals surface area contributed by atoms with Crippen molar-refractivity contribution in [2.24, 2.45) is 5.41 Å². The molecule has 0 N–H and O–H groups in total. The summed E-state index contributed by atoms with van der Waals surface area (Å²) < 4.78 is 11.8. The van der Waals surface area contributed by atoms with Crippen LogP contribution in [0, 0.1) is 5.41 Å². The Morgan fingerprint density at radius 1 is 1.24 bits per heavy atom. The first-order valence-corrected chi connectivity index (χ1v) is 9.05. The van der Waals surface area contributed by atoms with Gasteiger partial charge in [0.2, 0.25) is 0 Å². The van der Waals surface area contributed by atoms with Crippen LogP contribution in [-0.4, -0.2) is 47.3 Å². The van der Waals surface area contributed by atoms with E-state index in [-0.39, 0.29) is 0 Å². The highest BCUT2D eigenvalue weighted by Crippen LogP contribution is 2.42. The monoisotopic (exact) mass is 339 g/mol. The molecule has 25 heavy (non-hydrogen) atoms. The summed E-state index contributed by atoms with van der Waals surface area (Å²) in [6.45, 7) is 6.78. The smallest absolute Gasteiger partial charge is 0.123 e. The first-order valence-electron chi connectivity index (χ1n) is 9.05. The van der Waals surface area contributed by atoms with Crippen molar-refractivity contribution in [2.75, 3.05) is 26.3 Å². The number of para-hydroxylation sites is 1. The van der Waals surface area contributed by atoms with Gasteiger partial charge >= 0.3 is 0 Å². The Bertz CT molecular complexity index is 701. The molecule has 1 spiro atoms. The van der Waals surface area contributed by atoms with Gasteiger partial charge in [0.15, 0.2) is 0 Å². The SMILES string of the molecule is CCOc1ccccc1CN1CC2(COC(Cc3cncnc3)C2)C1. The van der Waals surface area contributed by atoms with Crippen molar-refractivity contribution in [2.45, 2.75) is 32.4 Å². The van der Waals surface area contributed by atoms with Crippen molar-refractivity contribution in [3.63, 3.8) is 0 Å². The number of aromatic nitrogens is 2. The summed E-state index contributed by atoms with van der Waals surface area (Å²) in [5.74, 6) is 1.01. The van der Waals surface area contributed by atoms with E-state index in [2.05, 4.69) is 33.1 Å². The van der Waals surface area contributed by atoms with E-state index in [0.29, 0.717) is 18.1 Å². The summed E-state index contributed by atoms with van der Waals surface area (Å²) in [5, 5.41) is 0. The van der Waals surface area contributed by atoms with Crippen molar-refractivity contribution in [1.82, 2.24) is 14.9 Å². The highest BCUT2D eigenvalue weighted by atomic mass is 16.5. The topological polar surface area (TPSA) is 47.5 Å². The molecular weight excluding hydrogens is 314 g/mol. The third-order valence-electron chi connectivity index (χ3n) is 5.15. The number of likely N-dealkylation sites (tertiary alicyclic amines) is 1. The second-order valence-electron chi connectivity index (χ2n) is 7.27. The van der Waals surface area contributed by atoms with E-state index >= 15 is 0 Å². The minimum atomic E-state index is 0.295. The van der Waals surface area contributed by atoms with Crippen molar-refractivity contribution in [3.8, 4) is 5.75 Å². The van der Waals surface area contributed by atoms with Crippen LogP contribution in [0.4, 0.5) is 0 Å².